The fourth-order valence-corrected chi connectivity index (χ4v) is 3.07. The smallest absolute Gasteiger partial charge is 0.0492 e. The first-order valence-corrected chi connectivity index (χ1v) is 6.97. The third kappa shape index (κ3) is 1.64. The van der Waals surface area contributed by atoms with Crippen LogP contribution in [0.15, 0.2) is 66.7 Å². The first kappa shape index (κ1) is 11.6. The molecule has 0 aliphatic rings. The van der Waals surface area contributed by atoms with Gasteiger partial charge in [0.1, 0.15) is 0 Å². The lowest BCUT2D eigenvalue weighted by molar-refractivity contribution is 1.54. The Labute approximate surface area is 121 Å². The summed E-state index contributed by atoms with van der Waals surface area (Å²) in [5.41, 5.74) is 4.51. The highest BCUT2D eigenvalue weighted by Gasteiger charge is 2.13. The Morgan fingerprint density at radius 2 is 1.45 bits per heavy atom. The van der Waals surface area contributed by atoms with Gasteiger partial charge in [-0.15, -0.1) is 0 Å². The topological polar surface area (TPSA) is 15.8 Å². The summed E-state index contributed by atoms with van der Waals surface area (Å²) in [7, 11) is 0. The number of fused-ring (bicyclic) bond motifs is 3. The normalized spacial score (nSPS) is 11.2. The highest BCUT2D eigenvalue weighted by atomic mass is 35.5. The fraction of sp³-hybridized carbons (Fsp3) is 0. The van der Waals surface area contributed by atoms with E-state index in [9.17, 15) is 0 Å². The largest absolute Gasteiger partial charge is 0.354 e. The van der Waals surface area contributed by atoms with Crippen LogP contribution in [0.3, 0.4) is 0 Å². The Kier molecular flexibility index (Phi) is 2.54. The van der Waals surface area contributed by atoms with Gasteiger partial charge in [-0.1, -0.05) is 60.1 Å². The van der Waals surface area contributed by atoms with E-state index in [1.165, 1.54) is 10.8 Å². The van der Waals surface area contributed by atoms with Crippen molar-refractivity contribution < 1.29 is 0 Å². The first-order valence-electron chi connectivity index (χ1n) is 6.59. The van der Waals surface area contributed by atoms with Gasteiger partial charge in [-0.3, -0.25) is 0 Å². The molecule has 0 aliphatic heterocycles. The predicted octanol–water partition coefficient (Wildman–Crippen LogP) is 5.64. The summed E-state index contributed by atoms with van der Waals surface area (Å²) in [4.78, 5) is 3.46. The van der Waals surface area contributed by atoms with Crippen molar-refractivity contribution in [1.29, 1.82) is 0 Å². The molecule has 1 N–H and O–H groups in total. The van der Waals surface area contributed by atoms with Gasteiger partial charge in [0.25, 0.3) is 0 Å². The number of aromatic amines is 1. The Morgan fingerprint density at radius 3 is 2.30 bits per heavy atom. The van der Waals surface area contributed by atoms with Gasteiger partial charge in [-0.25, -0.2) is 0 Å². The highest BCUT2D eigenvalue weighted by molar-refractivity contribution is 6.36. The Bertz CT molecular complexity index is 907. The molecule has 1 nitrogen and oxygen atoms in total. The highest BCUT2D eigenvalue weighted by Crippen LogP contribution is 2.38. The van der Waals surface area contributed by atoms with Crippen LogP contribution in [-0.4, -0.2) is 4.98 Å². The molecule has 1 aromatic heterocycles. The van der Waals surface area contributed by atoms with Crippen molar-refractivity contribution in [1.82, 2.24) is 4.98 Å². The summed E-state index contributed by atoms with van der Waals surface area (Å²) in [6.45, 7) is 0. The summed E-state index contributed by atoms with van der Waals surface area (Å²) < 4.78 is 0. The SMILES string of the molecule is Clc1ccc2[nH]c3ccccc3c2c1-c1ccccc1. The summed E-state index contributed by atoms with van der Waals surface area (Å²) in [6.07, 6.45) is 0. The molecule has 0 radical (unpaired) electrons. The molecular weight excluding hydrogens is 266 g/mol. The number of nitrogens with one attached hydrogen (secondary N) is 1. The van der Waals surface area contributed by atoms with Crippen LogP contribution < -0.4 is 0 Å². The molecule has 4 aromatic rings. The van der Waals surface area contributed by atoms with Gasteiger partial charge >= 0.3 is 0 Å². The van der Waals surface area contributed by atoms with E-state index < -0.39 is 0 Å². The molecule has 2 heteroatoms. The zero-order valence-electron chi connectivity index (χ0n) is 10.7. The van der Waals surface area contributed by atoms with Crippen molar-refractivity contribution in [3.8, 4) is 11.1 Å². The molecule has 0 fully saturated rings. The van der Waals surface area contributed by atoms with Crippen LogP contribution in [0.5, 0.6) is 0 Å². The van der Waals surface area contributed by atoms with Crippen molar-refractivity contribution in [2.75, 3.05) is 0 Å². The average molecular weight is 278 g/mol. The van der Waals surface area contributed by atoms with Crippen LogP contribution >= 0.6 is 11.6 Å². The minimum atomic E-state index is 0.786. The van der Waals surface area contributed by atoms with E-state index in [-0.39, 0.29) is 0 Å². The third-order valence-electron chi connectivity index (χ3n) is 3.68. The van der Waals surface area contributed by atoms with Gasteiger partial charge in [-0.05, 0) is 23.8 Å². The Hall–Kier alpha value is -2.25. The van der Waals surface area contributed by atoms with Crippen LogP contribution in [-0.2, 0) is 0 Å². The lowest BCUT2D eigenvalue weighted by Crippen LogP contribution is -1.81. The maximum atomic E-state index is 6.48. The summed E-state index contributed by atoms with van der Waals surface area (Å²) >= 11 is 6.48. The van der Waals surface area contributed by atoms with Crippen molar-refractivity contribution in [3.05, 3.63) is 71.8 Å². The van der Waals surface area contributed by atoms with Crippen LogP contribution in [0.1, 0.15) is 0 Å². The van der Waals surface area contributed by atoms with Crippen LogP contribution in [0.2, 0.25) is 5.02 Å². The standard InChI is InChI=1S/C18H12ClN/c19-14-10-11-16-18(13-8-4-5-9-15(13)20-16)17(14)12-6-2-1-3-7-12/h1-11,20H. The van der Waals surface area contributed by atoms with Gasteiger partial charge in [0, 0.05) is 32.4 Å². The van der Waals surface area contributed by atoms with E-state index in [0.29, 0.717) is 0 Å². The zero-order chi connectivity index (χ0) is 13.5. The molecule has 0 atom stereocenters. The Morgan fingerprint density at radius 1 is 0.700 bits per heavy atom. The number of hydrogen-bond acceptors (Lipinski definition) is 0. The summed E-state index contributed by atoms with van der Waals surface area (Å²) in [6, 6.07) is 22.6. The number of H-pyrrole nitrogens is 1. The lowest BCUT2D eigenvalue weighted by Gasteiger charge is -2.07. The number of benzene rings is 3. The average Bonchev–Trinajstić information content (AvgIpc) is 2.87. The van der Waals surface area contributed by atoms with Crippen LogP contribution in [0.4, 0.5) is 0 Å². The molecule has 20 heavy (non-hydrogen) atoms. The molecule has 0 unspecified atom stereocenters. The minimum Gasteiger partial charge on any atom is -0.354 e. The predicted molar refractivity (Wildman–Crippen MR) is 86.3 cm³/mol. The second-order valence-electron chi connectivity index (χ2n) is 4.88. The van der Waals surface area contributed by atoms with E-state index in [4.69, 9.17) is 11.6 Å². The molecule has 1 heterocycles. The van der Waals surface area contributed by atoms with Gasteiger partial charge in [-0.2, -0.15) is 0 Å². The molecule has 0 spiro atoms. The van der Waals surface area contributed by atoms with Crippen molar-refractivity contribution in [2.45, 2.75) is 0 Å². The summed E-state index contributed by atoms with van der Waals surface area (Å²) in [5, 5.41) is 3.19. The van der Waals surface area contributed by atoms with E-state index in [2.05, 4.69) is 35.3 Å². The molecule has 0 aliphatic carbocycles. The number of para-hydroxylation sites is 1. The Balaban J connectivity index is 2.21. The lowest BCUT2D eigenvalue weighted by atomic mass is 9.99. The maximum Gasteiger partial charge on any atom is 0.0492 e. The molecule has 3 aromatic carbocycles. The van der Waals surface area contributed by atoms with E-state index in [1.54, 1.807) is 0 Å². The van der Waals surface area contributed by atoms with Crippen LogP contribution in [0, 0.1) is 0 Å². The quantitative estimate of drug-likeness (QED) is 0.463. The molecule has 0 saturated carbocycles. The second-order valence-corrected chi connectivity index (χ2v) is 5.29. The van der Waals surface area contributed by atoms with E-state index >= 15 is 0 Å². The molecule has 4 rings (SSSR count). The molecule has 0 amide bonds. The third-order valence-corrected chi connectivity index (χ3v) is 4.00. The number of hydrogen-bond donors (Lipinski definition) is 1. The van der Waals surface area contributed by atoms with Gasteiger partial charge in [0.2, 0.25) is 0 Å². The van der Waals surface area contributed by atoms with Crippen molar-refractivity contribution >= 4 is 33.4 Å². The van der Waals surface area contributed by atoms with Crippen molar-refractivity contribution in [3.63, 3.8) is 0 Å². The molecular formula is C18H12ClN. The zero-order valence-corrected chi connectivity index (χ0v) is 11.5. The number of aromatic nitrogens is 1. The first-order chi connectivity index (χ1) is 9.84. The summed E-state index contributed by atoms with van der Waals surface area (Å²) in [5.74, 6) is 0. The molecule has 0 saturated heterocycles. The maximum absolute atomic E-state index is 6.48. The molecule has 0 bridgehead atoms. The number of halogens is 1. The van der Waals surface area contributed by atoms with Gasteiger partial charge in [0.15, 0.2) is 0 Å². The monoisotopic (exact) mass is 277 g/mol. The fourth-order valence-electron chi connectivity index (χ4n) is 2.80. The van der Waals surface area contributed by atoms with E-state index in [1.807, 2.05) is 36.4 Å². The van der Waals surface area contributed by atoms with Crippen molar-refractivity contribution in [2.24, 2.45) is 0 Å². The number of rotatable bonds is 1. The van der Waals surface area contributed by atoms with E-state index in [0.717, 1.165) is 27.2 Å². The second kappa shape index (κ2) is 4.39. The minimum absolute atomic E-state index is 0.786. The van der Waals surface area contributed by atoms with Crippen LogP contribution in [0.25, 0.3) is 32.9 Å². The van der Waals surface area contributed by atoms with Gasteiger partial charge in [0.05, 0.1) is 0 Å². The van der Waals surface area contributed by atoms with Gasteiger partial charge < -0.3 is 4.98 Å². The molecule has 96 valence electrons.